The molecular weight excluding hydrogens is 352 g/mol. The number of aliphatic hydroxyl groups is 1. The van der Waals surface area contributed by atoms with Gasteiger partial charge in [-0.3, -0.25) is 14.9 Å². The summed E-state index contributed by atoms with van der Waals surface area (Å²) in [6.45, 7) is -0.216. The minimum Gasteiger partial charge on any atom is -0.496 e. The van der Waals surface area contributed by atoms with Crippen molar-refractivity contribution in [3.8, 4) is 17.1 Å². The largest absolute Gasteiger partial charge is 0.496 e. The number of rotatable bonds is 6. The molecule has 0 radical (unpaired) electrons. The molecule has 1 amide bonds. The Hall–Kier alpha value is -3.65. The van der Waals surface area contributed by atoms with E-state index in [0.717, 1.165) is 0 Å². The lowest BCUT2D eigenvalue weighted by atomic mass is 10.1. The van der Waals surface area contributed by atoms with E-state index in [1.807, 2.05) is 0 Å². The normalized spacial score (nSPS) is 10.4. The molecule has 0 unspecified atom stereocenters. The van der Waals surface area contributed by atoms with Crippen molar-refractivity contribution in [1.29, 1.82) is 0 Å². The SMILES string of the molecule is COc1cc(NC(=O)c2ccccc2[N+](=O)[O-])ccc1-c1ccc(CO)o1. The fourth-order valence-electron chi connectivity index (χ4n) is 2.60. The van der Waals surface area contributed by atoms with Crippen molar-refractivity contribution >= 4 is 17.3 Å². The number of ether oxygens (including phenoxy) is 1. The standard InChI is InChI=1S/C19H16N2O6/c1-26-18-10-12(6-8-15(18)17-9-7-13(11-22)27-17)20-19(23)14-4-2-3-5-16(14)21(24)25/h2-10,22H,11H2,1H3,(H,20,23). The molecule has 2 N–H and O–H groups in total. The number of nitro groups is 1. The van der Waals surface area contributed by atoms with Gasteiger partial charge in [0.15, 0.2) is 0 Å². The average Bonchev–Trinajstić information content (AvgIpc) is 3.16. The van der Waals surface area contributed by atoms with Crippen LogP contribution in [0, 0.1) is 10.1 Å². The monoisotopic (exact) mass is 368 g/mol. The first-order valence-corrected chi connectivity index (χ1v) is 7.96. The van der Waals surface area contributed by atoms with E-state index in [-0.39, 0.29) is 17.9 Å². The molecule has 8 heteroatoms. The topological polar surface area (TPSA) is 115 Å². The zero-order chi connectivity index (χ0) is 19.4. The summed E-state index contributed by atoms with van der Waals surface area (Å²) in [6.07, 6.45) is 0. The number of nitrogens with zero attached hydrogens (tertiary/aromatic N) is 1. The summed E-state index contributed by atoms with van der Waals surface area (Å²) in [5.41, 5.74) is 0.739. The number of anilines is 1. The second-order valence-electron chi connectivity index (χ2n) is 5.57. The first-order valence-electron chi connectivity index (χ1n) is 7.96. The molecule has 1 aromatic heterocycles. The molecule has 138 valence electrons. The highest BCUT2D eigenvalue weighted by atomic mass is 16.6. The number of carbonyl (C=O) groups excluding carboxylic acids is 1. The third-order valence-electron chi connectivity index (χ3n) is 3.89. The highest BCUT2D eigenvalue weighted by Gasteiger charge is 2.20. The third-order valence-corrected chi connectivity index (χ3v) is 3.89. The summed E-state index contributed by atoms with van der Waals surface area (Å²) < 4.78 is 10.9. The Morgan fingerprint density at radius 1 is 1.22 bits per heavy atom. The first-order chi connectivity index (χ1) is 13.0. The van der Waals surface area contributed by atoms with E-state index in [1.165, 1.54) is 25.3 Å². The maximum Gasteiger partial charge on any atom is 0.282 e. The molecule has 0 bridgehead atoms. The van der Waals surface area contributed by atoms with Crippen LogP contribution in [0.1, 0.15) is 16.1 Å². The molecule has 0 fully saturated rings. The first kappa shape index (κ1) is 18.2. The predicted octanol–water partition coefficient (Wildman–Crippen LogP) is 3.61. The molecule has 8 nitrogen and oxygen atoms in total. The van der Waals surface area contributed by atoms with Crippen molar-refractivity contribution in [2.24, 2.45) is 0 Å². The number of hydrogen-bond acceptors (Lipinski definition) is 6. The number of furan rings is 1. The van der Waals surface area contributed by atoms with Gasteiger partial charge < -0.3 is 19.6 Å². The average molecular weight is 368 g/mol. The van der Waals surface area contributed by atoms with Gasteiger partial charge in [-0.1, -0.05) is 12.1 Å². The van der Waals surface area contributed by atoms with Gasteiger partial charge in [0.05, 0.1) is 17.6 Å². The molecule has 1 heterocycles. The maximum atomic E-state index is 12.4. The van der Waals surface area contributed by atoms with Gasteiger partial charge in [0.2, 0.25) is 0 Å². The smallest absolute Gasteiger partial charge is 0.282 e. The fraction of sp³-hybridized carbons (Fsp3) is 0.105. The summed E-state index contributed by atoms with van der Waals surface area (Å²) >= 11 is 0. The van der Waals surface area contributed by atoms with Crippen molar-refractivity contribution in [3.05, 3.63) is 76.0 Å². The Balaban J connectivity index is 1.88. The lowest BCUT2D eigenvalue weighted by Gasteiger charge is -2.10. The van der Waals surface area contributed by atoms with E-state index in [9.17, 15) is 14.9 Å². The van der Waals surface area contributed by atoms with Crippen molar-refractivity contribution in [1.82, 2.24) is 0 Å². The van der Waals surface area contributed by atoms with Gasteiger partial charge in [0.1, 0.15) is 29.4 Å². The molecule has 0 aliphatic heterocycles. The molecule has 0 aliphatic carbocycles. The van der Waals surface area contributed by atoms with E-state index in [2.05, 4.69) is 5.32 Å². The zero-order valence-electron chi connectivity index (χ0n) is 14.3. The number of amides is 1. The summed E-state index contributed by atoms with van der Waals surface area (Å²) in [5, 5.41) is 22.8. The minimum atomic E-state index is -0.603. The molecule has 0 aliphatic rings. The summed E-state index contributed by atoms with van der Waals surface area (Å²) in [7, 11) is 1.47. The summed E-state index contributed by atoms with van der Waals surface area (Å²) in [5.74, 6) is 0.764. The third kappa shape index (κ3) is 3.80. The van der Waals surface area contributed by atoms with Crippen LogP contribution in [0.15, 0.2) is 59.0 Å². The highest BCUT2D eigenvalue weighted by molar-refractivity contribution is 6.07. The lowest BCUT2D eigenvalue weighted by molar-refractivity contribution is -0.385. The van der Waals surface area contributed by atoms with Gasteiger partial charge in [0.25, 0.3) is 11.6 Å². The highest BCUT2D eigenvalue weighted by Crippen LogP contribution is 2.34. The number of aliphatic hydroxyl groups excluding tert-OH is 1. The molecule has 2 aromatic carbocycles. The van der Waals surface area contributed by atoms with Crippen LogP contribution in [0.2, 0.25) is 0 Å². The van der Waals surface area contributed by atoms with Crippen LogP contribution >= 0.6 is 0 Å². The number of carbonyl (C=O) groups is 1. The van der Waals surface area contributed by atoms with Gasteiger partial charge in [-0.05, 0) is 30.3 Å². The second-order valence-corrected chi connectivity index (χ2v) is 5.57. The van der Waals surface area contributed by atoms with E-state index in [1.54, 1.807) is 36.4 Å². The minimum absolute atomic E-state index is 0.0378. The summed E-state index contributed by atoms with van der Waals surface area (Å²) in [6, 6.07) is 14.0. The van der Waals surface area contributed by atoms with E-state index < -0.39 is 10.8 Å². The summed E-state index contributed by atoms with van der Waals surface area (Å²) in [4.78, 5) is 22.9. The Labute approximate surface area is 154 Å². The van der Waals surface area contributed by atoms with E-state index >= 15 is 0 Å². The van der Waals surface area contributed by atoms with Crippen LogP contribution in [0.5, 0.6) is 5.75 Å². The Bertz CT molecular complexity index is 995. The van der Waals surface area contributed by atoms with Crippen LogP contribution in [0.3, 0.4) is 0 Å². The molecule has 0 saturated carbocycles. The number of nitro benzene ring substituents is 1. The molecular formula is C19H16N2O6. The molecule has 0 atom stereocenters. The number of hydrogen-bond donors (Lipinski definition) is 2. The van der Waals surface area contributed by atoms with Crippen molar-refractivity contribution in [3.63, 3.8) is 0 Å². The Morgan fingerprint density at radius 3 is 2.67 bits per heavy atom. The van der Waals surface area contributed by atoms with Crippen LogP contribution in [-0.2, 0) is 6.61 Å². The molecule has 3 rings (SSSR count). The predicted molar refractivity (Wildman–Crippen MR) is 97.7 cm³/mol. The van der Waals surface area contributed by atoms with E-state index in [0.29, 0.717) is 28.5 Å². The van der Waals surface area contributed by atoms with Gasteiger partial charge in [0, 0.05) is 17.8 Å². The van der Waals surface area contributed by atoms with E-state index in [4.69, 9.17) is 14.3 Å². The molecule has 27 heavy (non-hydrogen) atoms. The van der Waals surface area contributed by atoms with Crippen LogP contribution in [0.4, 0.5) is 11.4 Å². The zero-order valence-corrected chi connectivity index (χ0v) is 14.3. The van der Waals surface area contributed by atoms with Crippen molar-refractivity contribution in [2.45, 2.75) is 6.61 Å². The van der Waals surface area contributed by atoms with Crippen molar-refractivity contribution in [2.75, 3.05) is 12.4 Å². The Morgan fingerprint density at radius 2 is 2.00 bits per heavy atom. The van der Waals surface area contributed by atoms with Gasteiger partial charge in [-0.15, -0.1) is 0 Å². The van der Waals surface area contributed by atoms with Gasteiger partial charge in [-0.25, -0.2) is 0 Å². The van der Waals surface area contributed by atoms with Crippen LogP contribution < -0.4 is 10.1 Å². The quantitative estimate of drug-likeness (QED) is 0.507. The van der Waals surface area contributed by atoms with Gasteiger partial charge >= 0.3 is 0 Å². The number of benzene rings is 2. The number of para-hydroxylation sites is 1. The van der Waals surface area contributed by atoms with Crippen LogP contribution in [0.25, 0.3) is 11.3 Å². The van der Waals surface area contributed by atoms with Gasteiger partial charge in [-0.2, -0.15) is 0 Å². The van der Waals surface area contributed by atoms with Crippen molar-refractivity contribution < 1.29 is 24.0 Å². The molecule has 0 spiro atoms. The maximum absolute atomic E-state index is 12.4. The van der Waals surface area contributed by atoms with Crippen LogP contribution in [-0.4, -0.2) is 23.0 Å². The molecule has 3 aromatic rings. The molecule has 0 saturated heterocycles. The Kier molecular flexibility index (Phi) is 5.18. The fourth-order valence-corrected chi connectivity index (χ4v) is 2.60. The second kappa shape index (κ2) is 7.71. The number of methoxy groups -OCH3 is 1. The number of nitrogens with one attached hydrogen (secondary N) is 1. The lowest BCUT2D eigenvalue weighted by Crippen LogP contribution is -2.14.